The van der Waals surface area contributed by atoms with Crippen molar-refractivity contribution in [2.75, 3.05) is 6.54 Å². The Labute approximate surface area is 187 Å². The molecule has 1 aromatic carbocycles. The smallest absolute Gasteiger partial charge is 0.244 e. The second kappa shape index (κ2) is 12.4. The largest absolute Gasteiger partial charge is 0.356 e. The molecule has 1 aliphatic rings. The first-order valence-electron chi connectivity index (χ1n) is 10.7. The van der Waals surface area contributed by atoms with E-state index < -0.39 is 28.8 Å². The first kappa shape index (κ1) is 24.8. The fourth-order valence-corrected chi connectivity index (χ4v) is 3.48. The van der Waals surface area contributed by atoms with Crippen LogP contribution in [0.3, 0.4) is 0 Å². The van der Waals surface area contributed by atoms with Gasteiger partial charge in [0.15, 0.2) is 0 Å². The maximum atomic E-state index is 12.9. The van der Waals surface area contributed by atoms with Gasteiger partial charge in [0.05, 0.1) is 11.0 Å². The minimum Gasteiger partial charge on any atom is -0.356 e. The van der Waals surface area contributed by atoms with Crippen molar-refractivity contribution in [3.8, 4) is 0 Å². The third-order valence-corrected chi connectivity index (χ3v) is 5.04. The van der Waals surface area contributed by atoms with E-state index in [1.54, 1.807) is 6.08 Å². The molecule has 0 unspecified atom stereocenters. The number of carbonyl (C=O) groups excluding carboxylic acids is 3. The molecular formula is C23H30N4O5. The summed E-state index contributed by atoms with van der Waals surface area (Å²) in [5.41, 5.74) is 0.854. The maximum absolute atomic E-state index is 12.9. The monoisotopic (exact) mass is 442 g/mol. The summed E-state index contributed by atoms with van der Waals surface area (Å²) in [7, 11) is 0. The second-order valence-corrected chi connectivity index (χ2v) is 8.19. The van der Waals surface area contributed by atoms with Gasteiger partial charge in [0, 0.05) is 24.6 Å². The quantitative estimate of drug-likeness (QED) is 0.274. The number of amides is 3. The number of rotatable bonds is 11. The third kappa shape index (κ3) is 8.71. The minimum atomic E-state index is -0.813. The van der Waals surface area contributed by atoms with Crippen molar-refractivity contribution in [2.24, 2.45) is 11.8 Å². The second-order valence-electron chi connectivity index (χ2n) is 8.19. The van der Waals surface area contributed by atoms with Gasteiger partial charge in [-0.05, 0) is 36.8 Å². The zero-order valence-electron chi connectivity index (χ0n) is 18.3. The molecule has 0 aromatic heterocycles. The van der Waals surface area contributed by atoms with Gasteiger partial charge < -0.3 is 16.0 Å². The summed E-state index contributed by atoms with van der Waals surface area (Å²) in [6, 6.07) is 7.78. The number of nitrogens with one attached hydrogen (secondary N) is 3. The van der Waals surface area contributed by atoms with E-state index in [-0.39, 0.29) is 24.2 Å². The van der Waals surface area contributed by atoms with Gasteiger partial charge in [-0.3, -0.25) is 24.5 Å². The molecule has 3 N–H and O–H groups in total. The summed E-state index contributed by atoms with van der Waals surface area (Å²) in [6.07, 6.45) is 6.30. The van der Waals surface area contributed by atoms with Crippen LogP contribution in [0.1, 0.15) is 38.7 Å². The number of hydrogen-bond donors (Lipinski definition) is 3. The van der Waals surface area contributed by atoms with Crippen molar-refractivity contribution >= 4 is 23.8 Å². The standard InChI is InChI=1S/C23H30N4O5/c1-16(2)14-20(26-21(28)9-8-17-6-4-3-5-7-17)23(30)25-19(11-13-27(31)32)15-18-10-12-24-22(18)29/h3-9,11,13,16,18-20H,10,12,14-15H2,1-2H3,(H,24,29)(H,25,30)(H,26,28)/b9-8+,13-11+/t18-,19+,20-/m0/s1. The van der Waals surface area contributed by atoms with Crippen LogP contribution in [0.5, 0.6) is 0 Å². The molecule has 32 heavy (non-hydrogen) atoms. The van der Waals surface area contributed by atoms with Crippen LogP contribution in [0.15, 0.2) is 48.7 Å². The van der Waals surface area contributed by atoms with Gasteiger partial charge in [0.2, 0.25) is 23.9 Å². The molecule has 1 fully saturated rings. The molecule has 1 aromatic rings. The lowest BCUT2D eigenvalue weighted by atomic mass is 9.97. The van der Waals surface area contributed by atoms with Crippen LogP contribution in [0, 0.1) is 22.0 Å². The van der Waals surface area contributed by atoms with Gasteiger partial charge in [-0.2, -0.15) is 0 Å². The number of carbonyl (C=O) groups is 3. The van der Waals surface area contributed by atoms with Gasteiger partial charge in [-0.25, -0.2) is 0 Å². The highest BCUT2D eigenvalue weighted by Gasteiger charge is 2.29. The van der Waals surface area contributed by atoms with Crippen LogP contribution in [-0.2, 0) is 14.4 Å². The van der Waals surface area contributed by atoms with E-state index in [9.17, 15) is 24.5 Å². The van der Waals surface area contributed by atoms with Gasteiger partial charge in [0.1, 0.15) is 6.04 Å². The Balaban J connectivity index is 2.06. The molecule has 0 aliphatic carbocycles. The average molecular weight is 443 g/mol. The average Bonchev–Trinajstić information content (AvgIpc) is 3.14. The summed E-state index contributed by atoms with van der Waals surface area (Å²) in [6.45, 7) is 4.40. The van der Waals surface area contributed by atoms with E-state index in [1.165, 1.54) is 12.2 Å². The maximum Gasteiger partial charge on any atom is 0.244 e. The van der Waals surface area contributed by atoms with Gasteiger partial charge >= 0.3 is 0 Å². The lowest BCUT2D eigenvalue weighted by Crippen LogP contribution is -2.50. The van der Waals surface area contributed by atoms with Crippen LogP contribution in [0.4, 0.5) is 0 Å². The minimum absolute atomic E-state index is 0.123. The Morgan fingerprint density at radius 3 is 2.56 bits per heavy atom. The Morgan fingerprint density at radius 1 is 1.25 bits per heavy atom. The molecule has 1 heterocycles. The molecule has 0 bridgehead atoms. The van der Waals surface area contributed by atoms with Crippen molar-refractivity contribution in [1.82, 2.24) is 16.0 Å². The summed E-state index contributed by atoms with van der Waals surface area (Å²) >= 11 is 0. The Bertz CT molecular complexity index is 866. The summed E-state index contributed by atoms with van der Waals surface area (Å²) in [4.78, 5) is 47.4. The van der Waals surface area contributed by atoms with Crippen molar-refractivity contribution in [2.45, 2.75) is 45.2 Å². The fraction of sp³-hybridized carbons (Fsp3) is 0.435. The fourth-order valence-electron chi connectivity index (χ4n) is 3.48. The molecule has 0 spiro atoms. The van der Waals surface area contributed by atoms with Crippen LogP contribution in [0.2, 0.25) is 0 Å². The van der Waals surface area contributed by atoms with E-state index in [2.05, 4.69) is 16.0 Å². The normalized spacial score (nSPS) is 18.0. The first-order valence-corrected chi connectivity index (χ1v) is 10.7. The van der Waals surface area contributed by atoms with Crippen LogP contribution >= 0.6 is 0 Å². The van der Waals surface area contributed by atoms with Gasteiger partial charge in [0.25, 0.3) is 0 Å². The van der Waals surface area contributed by atoms with Gasteiger partial charge in [-0.1, -0.05) is 44.2 Å². The Morgan fingerprint density at radius 2 is 1.97 bits per heavy atom. The summed E-state index contributed by atoms with van der Waals surface area (Å²) in [5, 5.41) is 19.0. The van der Waals surface area contributed by atoms with E-state index in [4.69, 9.17) is 0 Å². The highest BCUT2D eigenvalue weighted by Crippen LogP contribution is 2.17. The van der Waals surface area contributed by atoms with Gasteiger partial charge in [-0.15, -0.1) is 0 Å². The molecule has 2 rings (SSSR count). The van der Waals surface area contributed by atoms with E-state index in [0.29, 0.717) is 19.4 Å². The van der Waals surface area contributed by atoms with Crippen molar-refractivity contribution in [1.29, 1.82) is 0 Å². The summed E-state index contributed by atoms with van der Waals surface area (Å²) in [5.74, 6) is -1.20. The van der Waals surface area contributed by atoms with Crippen LogP contribution in [-0.4, -0.2) is 41.3 Å². The van der Waals surface area contributed by atoms with E-state index in [1.807, 2.05) is 44.2 Å². The molecule has 3 atom stereocenters. The van der Waals surface area contributed by atoms with Crippen LogP contribution in [0.25, 0.3) is 6.08 Å². The Hall–Kier alpha value is -3.49. The van der Waals surface area contributed by atoms with Crippen molar-refractivity contribution < 1.29 is 19.3 Å². The first-order chi connectivity index (χ1) is 15.2. The lowest BCUT2D eigenvalue weighted by Gasteiger charge is -2.23. The van der Waals surface area contributed by atoms with Crippen LogP contribution < -0.4 is 16.0 Å². The number of hydrogen-bond acceptors (Lipinski definition) is 5. The molecule has 9 nitrogen and oxygen atoms in total. The third-order valence-electron chi connectivity index (χ3n) is 5.04. The zero-order valence-corrected chi connectivity index (χ0v) is 18.3. The molecule has 0 radical (unpaired) electrons. The molecular weight excluding hydrogens is 412 g/mol. The molecule has 0 saturated carbocycles. The predicted molar refractivity (Wildman–Crippen MR) is 121 cm³/mol. The highest BCUT2D eigenvalue weighted by molar-refractivity contribution is 5.95. The predicted octanol–water partition coefficient (Wildman–Crippen LogP) is 2.03. The number of nitro groups is 1. The lowest BCUT2D eigenvalue weighted by molar-refractivity contribution is -0.402. The molecule has 1 aliphatic heterocycles. The van der Waals surface area contributed by atoms with Crippen molar-refractivity contribution in [3.05, 3.63) is 64.4 Å². The molecule has 3 amide bonds. The van der Waals surface area contributed by atoms with E-state index in [0.717, 1.165) is 11.8 Å². The van der Waals surface area contributed by atoms with Crippen molar-refractivity contribution in [3.63, 3.8) is 0 Å². The summed E-state index contributed by atoms with van der Waals surface area (Å²) < 4.78 is 0. The molecule has 172 valence electrons. The Kier molecular flexibility index (Phi) is 9.59. The highest BCUT2D eigenvalue weighted by atomic mass is 16.6. The molecule has 9 heteroatoms. The number of benzene rings is 1. The SMILES string of the molecule is CC(C)C[C@H](NC(=O)/C=C/c1ccccc1)C(=O)N[C@H](/C=C/[N+](=O)[O-])C[C@@H]1CCNC1=O. The topological polar surface area (TPSA) is 130 Å². The van der Waals surface area contributed by atoms with E-state index >= 15 is 0 Å². The number of nitrogens with zero attached hydrogens (tertiary/aromatic N) is 1. The zero-order chi connectivity index (χ0) is 23.5. The molecule has 1 saturated heterocycles.